The smallest absolute Gasteiger partial charge is 0.233 e. The molecule has 3 rings (SSSR count). The van der Waals surface area contributed by atoms with Crippen LogP contribution < -0.4 is 10.2 Å². The minimum atomic E-state index is -0.126. The second kappa shape index (κ2) is 9.51. The summed E-state index contributed by atoms with van der Waals surface area (Å²) >= 11 is 1.60. The number of hydrogen-bond donors (Lipinski definition) is 1. The third kappa shape index (κ3) is 5.54. The predicted octanol–water partition coefficient (Wildman–Crippen LogP) is 5.59. The van der Waals surface area contributed by atoms with E-state index in [2.05, 4.69) is 79.5 Å². The number of benzene rings is 2. The first-order valence-corrected chi connectivity index (χ1v) is 11.2. The van der Waals surface area contributed by atoms with E-state index >= 15 is 0 Å². The number of hydrogen-bond acceptors (Lipinski definition) is 3. The Kier molecular flexibility index (Phi) is 7.06. The molecule has 2 aromatic carbocycles. The number of thioether (sulfide) groups is 1. The molecule has 150 valence electrons. The highest BCUT2D eigenvalue weighted by Crippen LogP contribution is 2.26. The van der Waals surface area contributed by atoms with Crippen molar-refractivity contribution in [2.75, 3.05) is 18.0 Å². The quantitative estimate of drug-likeness (QED) is 0.646. The number of nitrogens with zero attached hydrogens (tertiary/aromatic N) is 1. The molecule has 4 heteroatoms. The number of rotatable bonds is 6. The van der Waals surface area contributed by atoms with Crippen molar-refractivity contribution in [2.24, 2.45) is 5.92 Å². The van der Waals surface area contributed by atoms with Gasteiger partial charge in [0.1, 0.15) is 0 Å². The van der Waals surface area contributed by atoms with Gasteiger partial charge >= 0.3 is 0 Å². The van der Waals surface area contributed by atoms with E-state index in [0.717, 1.165) is 29.5 Å². The van der Waals surface area contributed by atoms with Crippen molar-refractivity contribution in [1.29, 1.82) is 0 Å². The summed E-state index contributed by atoms with van der Waals surface area (Å²) in [5.41, 5.74) is 3.67. The highest BCUT2D eigenvalue weighted by atomic mass is 32.2. The van der Waals surface area contributed by atoms with Gasteiger partial charge in [-0.1, -0.05) is 36.8 Å². The fourth-order valence-corrected chi connectivity index (χ4v) is 4.56. The van der Waals surface area contributed by atoms with Crippen LogP contribution in [-0.4, -0.2) is 24.2 Å². The first kappa shape index (κ1) is 20.8. The largest absolute Gasteiger partial charge is 0.371 e. The number of nitrogens with one attached hydrogen (secondary N) is 1. The first-order chi connectivity index (χ1) is 13.4. The molecule has 0 saturated carbocycles. The van der Waals surface area contributed by atoms with Gasteiger partial charge in [-0.3, -0.25) is 4.79 Å². The molecule has 1 fully saturated rings. The minimum absolute atomic E-state index is 0.00268. The van der Waals surface area contributed by atoms with Gasteiger partial charge in [0.15, 0.2) is 0 Å². The molecule has 28 heavy (non-hydrogen) atoms. The average molecular weight is 397 g/mol. The van der Waals surface area contributed by atoms with E-state index in [1.807, 2.05) is 6.92 Å². The molecule has 1 heterocycles. The van der Waals surface area contributed by atoms with Gasteiger partial charge < -0.3 is 10.2 Å². The molecular weight excluding hydrogens is 364 g/mol. The molecule has 0 radical (unpaired) electrons. The number of piperidine rings is 1. The van der Waals surface area contributed by atoms with Crippen LogP contribution in [0.1, 0.15) is 50.8 Å². The lowest BCUT2D eigenvalue weighted by molar-refractivity contribution is -0.120. The Hall–Kier alpha value is -1.94. The maximum atomic E-state index is 12.6. The van der Waals surface area contributed by atoms with E-state index in [4.69, 9.17) is 0 Å². The Morgan fingerprint density at radius 3 is 2.43 bits per heavy atom. The molecule has 0 aliphatic carbocycles. The van der Waals surface area contributed by atoms with E-state index in [1.54, 1.807) is 11.8 Å². The summed E-state index contributed by atoms with van der Waals surface area (Å²) in [7, 11) is 0. The molecule has 3 atom stereocenters. The molecule has 1 amide bonds. The number of carbonyl (C=O) groups excluding carboxylic acids is 1. The molecule has 1 N–H and O–H groups in total. The minimum Gasteiger partial charge on any atom is -0.371 e. The van der Waals surface area contributed by atoms with Crippen molar-refractivity contribution in [3.8, 4) is 0 Å². The van der Waals surface area contributed by atoms with Crippen LogP contribution >= 0.6 is 11.8 Å². The Morgan fingerprint density at radius 1 is 1.11 bits per heavy atom. The average Bonchev–Trinajstić information content (AvgIpc) is 2.69. The number of anilines is 1. The Labute approximate surface area is 173 Å². The van der Waals surface area contributed by atoms with Crippen molar-refractivity contribution < 1.29 is 4.79 Å². The van der Waals surface area contributed by atoms with Crippen LogP contribution in [0.15, 0.2) is 53.4 Å². The summed E-state index contributed by atoms with van der Waals surface area (Å²) in [6, 6.07) is 17.0. The number of carbonyl (C=O) groups is 1. The molecule has 1 saturated heterocycles. The lowest BCUT2D eigenvalue weighted by Crippen LogP contribution is -2.34. The molecule has 0 spiro atoms. The first-order valence-electron chi connectivity index (χ1n) is 10.3. The van der Waals surface area contributed by atoms with Crippen molar-refractivity contribution >= 4 is 23.4 Å². The van der Waals surface area contributed by atoms with Gasteiger partial charge in [0.05, 0.1) is 11.3 Å². The number of amides is 1. The van der Waals surface area contributed by atoms with Gasteiger partial charge in [-0.25, -0.2) is 0 Å². The van der Waals surface area contributed by atoms with E-state index in [9.17, 15) is 4.79 Å². The van der Waals surface area contributed by atoms with Crippen molar-refractivity contribution in [3.63, 3.8) is 0 Å². The topological polar surface area (TPSA) is 32.3 Å². The molecule has 1 aliphatic heterocycles. The molecule has 0 aromatic heterocycles. The van der Waals surface area contributed by atoms with Gasteiger partial charge in [0.25, 0.3) is 0 Å². The molecule has 0 unspecified atom stereocenters. The van der Waals surface area contributed by atoms with Gasteiger partial charge in [-0.15, -0.1) is 11.8 Å². The Bertz CT molecular complexity index is 772. The zero-order valence-electron chi connectivity index (χ0n) is 17.4. The molecule has 1 aliphatic rings. The highest BCUT2D eigenvalue weighted by molar-refractivity contribution is 8.00. The van der Waals surface area contributed by atoms with Gasteiger partial charge in [0.2, 0.25) is 5.91 Å². The third-order valence-corrected chi connectivity index (χ3v) is 6.59. The zero-order valence-corrected chi connectivity index (χ0v) is 18.3. The summed E-state index contributed by atoms with van der Waals surface area (Å²) in [5, 5.41) is 3.03. The lowest BCUT2D eigenvalue weighted by Gasteiger charge is -2.33. The summed E-state index contributed by atoms with van der Waals surface area (Å²) in [6.07, 6.45) is 2.60. The second-order valence-corrected chi connectivity index (χ2v) is 9.50. The fraction of sp³-hybridized carbons (Fsp3) is 0.458. The van der Waals surface area contributed by atoms with Crippen LogP contribution in [0.5, 0.6) is 0 Å². The van der Waals surface area contributed by atoms with Gasteiger partial charge in [-0.05, 0) is 69.4 Å². The summed E-state index contributed by atoms with van der Waals surface area (Å²) < 4.78 is 0. The normalized spacial score (nSPS) is 19.1. The molecule has 0 bridgehead atoms. The summed E-state index contributed by atoms with van der Waals surface area (Å²) in [4.78, 5) is 16.2. The van der Waals surface area contributed by atoms with Crippen molar-refractivity contribution in [3.05, 3.63) is 59.7 Å². The zero-order chi connectivity index (χ0) is 20.1. The van der Waals surface area contributed by atoms with E-state index in [-0.39, 0.29) is 17.2 Å². The van der Waals surface area contributed by atoms with Crippen LogP contribution in [0.4, 0.5) is 5.69 Å². The third-order valence-electron chi connectivity index (χ3n) is 5.48. The van der Waals surface area contributed by atoms with E-state index in [0.29, 0.717) is 0 Å². The predicted molar refractivity (Wildman–Crippen MR) is 120 cm³/mol. The summed E-state index contributed by atoms with van der Waals surface area (Å²) in [6.45, 7) is 10.7. The SMILES string of the molecule is Cc1ccc(S[C@H](C)C(=O)N[C@@H](C)c2ccc(N3CCC[C@@H](C)C3)cc2)cc1. The van der Waals surface area contributed by atoms with Crippen molar-refractivity contribution in [1.82, 2.24) is 5.32 Å². The maximum absolute atomic E-state index is 12.6. The van der Waals surface area contributed by atoms with E-state index in [1.165, 1.54) is 24.1 Å². The van der Waals surface area contributed by atoms with Gasteiger partial charge in [-0.2, -0.15) is 0 Å². The van der Waals surface area contributed by atoms with E-state index < -0.39 is 0 Å². The van der Waals surface area contributed by atoms with Crippen LogP contribution in [0.25, 0.3) is 0 Å². The lowest BCUT2D eigenvalue weighted by atomic mass is 9.99. The Morgan fingerprint density at radius 2 is 1.79 bits per heavy atom. The molecular formula is C24H32N2OS. The van der Waals surface area contributed by atoms with Crippen LogP contribution in [0, 0.1) is 12.8 Å². The van der Waals surface area contributed by atoms with Crippen LogP contribution in [0.3, 0.4) is 0 Å². The van der Waals surface area contributed by atoms with Crippen LogP contribution in [0.2, 0.25) is 0 Å². The fourth-order valence-electron chi connectivity index (χ4n) is 3.69. The Balaban J connectivity index is 1.55. The standard InChI is InChI=1S/C24H32N2OS/c1-17-7-13-23(14-8-17)28-20(4)24(27)25-19(3)21-9-11-22(12-10-21)26-15-5-6-18(2)16-26/h7-14,18-20H,5-6,15-16H2,1-4H3,(H,25,27)/t18-,19+,20-/m1/s1. The maximum Gasteiger partial charge on any atom is 0.233 e. The second-order valence-electron chi connectivity index (χ2n) is 8.09. The molecule has 3 nitrogen and oxygen atoms in total. The van der Waals surface area contributed by atoms with Crippen molar-refractivity contribution in [2.45, 2.75) is 56.7 Å². The van der Waals surface area contributed by atoms with Crippen LogP contribution in [-0.2, 0) is 4.79 Å². The summed E-state index contributed by atoms with van der Waals surface area (Å²) in [5.74, 6) is 0.839. The molecule has 2 aromatic rings. The number of aryl methyl sites for hydroxylation is 1. The monoisotopic (exact) mass is 396 g/mol. The van der Waals surface area contributed by atoms with Gasteiger partial charge in [0, 0.05) is 23.7 Å². The highest BCUT2D eigenvalue weighted by Gasteiger charge is 2.19.